The number of carbonyl (C=O) groups excluding carboxylic acids is 4. The van der Waals surface area contributed by atoms with E-state index in [2.05, 4.69) is 10.6 Å². The highest BCUT2D eigenvalue weighted by Crippen LogP contribution is 2.28. The molecule has 2 heterocycles. The maximum absolute atomic E-state index is 13.5. The summed E-state index contributed by atoms with van der Waals surface area (Å²) in [5.41, 5.74) is 0.188. The van der Waals surface area contributed by atoms with Crippen LogP contribution in [0, 0.1) is 5.92 Å². The van der Waals surface area contributed by atoms with E-state index < -0.39 is 36.3 Å². The average Bonchev–Trinajstić information content (AvgIpc) is 3.44. The Hall–Kier alpha value is -2.85. The summed E-state index contributed by atoms with van der Waals surface area (Å²) in [7, 11) is 1.45. The molecular weight excluding hydrogens is 478 g/mol. The van der Waals surface area contributed by atoms with Gasteiger partial charge in [0.25, 0.3) is 5.91 Å². The normalized spacial score (nSPS) is 22.6. The Kier molecular flexibility index (Phi) is 8.96. The number of methoxy groups -OCH3 is 1. The van der Waals surface area contributed by atoms with Gasteiger partial charge in [-0.05, 0) is 37.8 Å². The summed E-state index contributed by atoms with van der Waals surface area (Å²) >= 11 is 6.29. The molecule has 10 nitrogen and oxygen atoms in total. The quantitative estimate of drug-likeness (QED) is 0.487. The molecule has 0 radical (unpaired) electrons. The van der Waals surface area contributed by atoms with E-state index in [1.165, 1.54) is 12.0 Å². The second-order valence-electron chi connectivity index (χ2n) is 8.84. The van der Waals surface area contributed by atoms with E-state index in [4.69, 9.17) is 25.8 Å². The van der Waals surface area contributed by atoms with Gasteiger partial charge in [-0.2, -0.15) is 0 Å². The summed E-state index contributed by atoms with van der Waals surface area (Å²) in [5, 5.41) is 5.73. The number of benzene rings is 1. The average molecular weight is 510 g/mol. The van der Waals surface area contributed by atoms with E-state index in [0.29, 0.717) is 31.7 Å². The van der Waals surface area contributed by atoms with Crippen LogP contribution in [-0.2, 0) is 23.9 Å². The van der Waals surface area contributed by atoms with Crippen molar-refractivity contribution in [3.8, 4) is 5.75 Å². The van der Waals surface area contributed by atoms with Crippen LogP contribution in [0.4, 0.5) is 0 Å². The van der Waals surface area contributed by atoms with Gasteiger partial charge in [0.15, 0.2) is 0 Å². The largest absolute Gasteiger partial charge is 0.495 e. The molecule has 0 saturated carbocycles. The predicted molar refractivity (Wildman–Crippen MR) is 127 cm³/mol. The van der Waals surface area contributed by atoms with Crippen molar-refractivity contribution >= 4 is 35.3 Å². The number of carbonyl (C=O) groups is 4. The summed E-state index contributed by atoms with van der Waals surface area (Å²) < 4.78 is 15.7. The SMILES string of the molecule is CCO[C@@H]1OC(=O)C[C@H]1NC(=O)[C@@H]1CCCN1C(=O)[C@@H](NC(=O)c1cccc(OC)c1Cl)C(C)C. The monoisotopic (exact) mass is 509 g/mol. The van der Waals surface area contributed by atoms with Crippen LogP contribution in [0.5, 0.6) is 5.75 Å². The Labute approximate surface area is 209 Å². The van der Waals surface area contributed by atoms with Gasteiger partial charge in [0.05, 0.1) is 24.1 Å². The molecule has 35 heavy (non-hydrogen) atoms. The summed E-state index contributed by atoms with van der Waals surface area (Å²) in [6, 6.07) is 2.61. The van der Waals surface area contributed by atoms with Gasteiger partial charge in [-0.1, -0.05) is 31.5 Å². The van der Waals surface area contributed by atoms with E-state index >= 15 is 0 Å². The number of hydrogen-bond donors (Lipinski definition) is 2. The second-order valence-corrected chi connectivity index (χ2v) is 9.22. The first kappa shape index (κ1) is 26.7. The van der Waals surface area contributed by atoms with Crippen LogP contribution >= 0.6 is 11.6 Å². The highest BCUT2D eigenvalue weighted by Gasteiger charge is 2.42. The third-order valence-corrected chi connectivity index (χ3v) is 6.50. The fourth-order valence-corrected chi connectivity index (χ4v) is 4.60. The van der Waals surface area contributed by atoms with Gasteiger partial charge in [-0.25, -0.2) is 0 Å². The minimum Gasteiger partial charge on any atom is -0.495 e. The fraction of sp³-hybridized carbons (Fsp3) is 0.583. The molecule has 0 unspecified atom stereocenters. The zero-order chi connectivity index (χ0) is 25.7. The lowest BCUT2D eigenvalue weighted by atomic mass is 10.0. The van der Waals surface area contributed by atoms with Gasteiger partial charge in [0.1, 0.15) is 23.9 Å². The zero-order valence-corrected chi connectivity index (χ0v) is 21.1. The lowest BCUT2D eigenvalue weighted by molar-refractivity contribution is -0.164. The van der Waals surface area contributed by atoms with Crippen molar-refractivity contribution in [1.82, 2.24) is 15.5 Å². The van der Waals surface area contributed by atoms with Crippen LogP contribution in [-0.4, -0.2) is 73.3 Å². The summed E-state index contributed by atoms with van der Waals surface area (Å²) in [5.74, 6) is -1.60. The van der Waals surface area contributed by atoms with E-state index in [1.807, 2.05) is 13.8 Å². The zero-order valence-electron chi connectivity index (χ0n) is 20.3. The highest BCUT2D eigenvalue weighted by molar-refractivity contribution is 6.35. The van der Waals surface area contributed by atoms with Crippen molar-refractivity contribution < 1.29 is 33.4 Å². The van der Waals surface area contributed by atoms with E-state index in [1.54, 1.807) is 25.1 Å². The number of ether oxygens (including phenoxy) is 3. The summed E-state index contributed by atoms with van der Waals surface area (Å²) in [6.07, 6.45) is 0.263. The van der Waals surface area contributed by atoms with Crippen LogP contribution in [0.1, 0.15) is 50.4 Å². The lowest BCUT2D eigenvalue weighted by Crippen LogP contribution is -2.56. The first-order valence-electron chi connectivity index (χ1n) is 11.7. The fourth-order valence-electron chi connectivity index (χ4n) is 4.31. The van der Waals surface area contributed by atoms with Crippen molar-refractivity contribution in [2.24, 2.45) is 5.92 Å². The van der Waals surface area contributed by atoms with Crippen LogP contribution in [0.25, 0.3) is 0 Å². The number of halogens is 1. The molecule has 1 aromatic carbocycles. The molecule has 192 valence electrons. The predicted octanol–water partition coefficient (Wildman–Crippen LogP) is 1.89. The maximum Gasteiger partial charge on any atom is 0.310 e. The van der Waals surface area contributed by atoms with E-state index in [9.17, 15) is 19.2 Å². The van der Waals surface area contributed by atoms with Crippen LogP contribution in [0.2, 0.25) is 5.02 Å². The number of esters is 1. The number of cyclic esters (lactones) is 1. The molecule has 11 heteroatoms. The van der Waals surface area contributed by atoms with Crippen LogP contribution in [0.3, 0.4) is 0 Å². The summed E-state index contributed by atoms with van der Waals surface area (Å²) in [4.78, 5) is 52.7. The van der Waals surface area contributed by atoms with Crippen molar-refractivity contribution in [1.29, 1.82) is 0 Å². The Bertz CT molecular complexity index is 970. The smallest absolute Gasteiger partial charge is 0.310 e. The molecule has 3 amide bonds. The number of hydrogen-bond acceptors (Lipinski definition) is 7. The van der Waals surface area contributed by atoms with Crippen molar-refractivity contribution in [3.05, 3.63) is 28.8 Å². The van der Waals surface area contributed by atoms with E-state index in [0.717, 1.165) is 0 Å². The molecule has 0 bridgehead atoms. The van der Waals surface area contributed by atoms with Gasteiger partial charge in [-0.3, -0.25) is 19.2 Å². The molecule has 1 aromatic rings. The summed E-state index contributed by atoms with van der Waals surface area (Å²) in [6.45, 7) is 6.10. The second kappa shape index (κ2) is 11.7. The van der Waals surface area contributed by atoms with Crippen LogP contribution < -0.4 is 15.4 Å². The Morgan fingerprint density at radius 2 is 2.03 bits per heavy atom. The Morgan fingerprint density at radius 3 is 2.69 bits per heavy atom. The first-order valence-corrected chi connectivity index (χ1v) is 12.1. The Balaban J connectivity index is 1.72. The molecule has 3 rings (SSSR count). The third-order valence-electron chi connectivity index (χ3n) is 6.11. The van der Waals surface area contributed by atoms with Crippen molar-refractivity contribution in [2.45, 2.75) is 64.4 Å². The molecule has 0 aromatic heterocycles. The Morgan fingerprint density at radius 1 is 1.29 bits per heavy atom. The molecule has 2 fully saturated rings. The number of likely N-dealkylation sites (tertiary alicyclic amines) is 1. The maximum atomic E-state index is 13.5. The topological polar surface area (TPSA) is 123 Å². The van der Waals surface area contributed by atoms with E-state index in [-0.39, 0.29) is 34.7 Å². The molecular formula is C24H32ClN3O7. The van der Waals surface area contributed by atoms with Gasteiger partial charge >= 0.3 is 5.97 Å². The number of rotatable bonds is 9. The number of nitrogens with zero attached hydrogens (tertiary/aromatic N) is 1. The minimum atomic E-state index is -0.870. The van der Waals surface area contributed by atoms with Gasteiger partial charge in [0, 0.05) is 13.2 Å². The lowest BCUT2D eigenvalue weighted by Gasteiger charge is -2.31. The third kappa shape index (κ3) is 6.05. The number of nitrogens with one attached hydrogen (secondary N) is 2. The molecule has 4 atom stereocenters. The van der Waals surface area contributed by atoms with Crippen molar-refractivity contribution in [3.63, 3.8) is 0 Å². The highest BCUT2D eigenvalue weighted by atomic mass is 35.5. The molecule has 0 aliphatic carbocycles. The minimum absolute atomic E-state index is 0.00302. The van der Waals surface area contributed by atoms with Gasteiger partial charge in [0.2, 0.25) is 18.1 Å². The van der Waals surface area contributed by atoms with Gasteiger partial charge < -0.3 is 29.7 Å². The van der Waals surface area contributed by atoms with Crippen molar-refractivity contribution in [2.75, 3.05) is 20.3 Å². The standard InChI is InChI=1S/C24H32ClN3O7/c1-5-34-24-15(12-18(29)35-24)26-22(31)16-9-7-11-28(16)23(32)20(13(2)3)27-21(30)14-8-6-10-17(33-4)19(14)25/h6,8,10,13,15-16,20,24H,5,7,9,11-12H2,1-4H3,(H,26,31)(H,27,30)/t15-,16+,20+,24-/m1/s1. The molecule has 2 aliphatic heterocycles. The molecule has 0 spiro atoms. The molecule has 2 saturated heterocycles. The molecule has 2 aliphatic rings. The van der Waals surface area contributed by atoms with Crippen LogP contribution in [0.15, 0.2) is 18.2 Å². The number of amides is 3. The van der Waals surface area contributed by atoms with Gasteiger partial charge in [-0.15, -0.1) is 0 Å². The first-order chi connectivity index (χ1) is 16.7. The molecule has 2 N–H and O–H groups in total.